The molecule has 0 aliphatic heterocycles. The van der Waals surface area contributed by atoms with Crippen LogP contribution in [0.25, 0.3) is 6.08 Å². The molecule has 2 aromatic rings. The van der Waals surface area contributed by atoms with Gasteiger partial charge in [0.15, 0.2) is 0 Å². The van der Waals surface area contributed by atoms with Gasteiger partial charge in [-0.05, 0) is 50.6 Å². The highest BCUT2D eigenvalue weighted by atomic mass is 32.2. The van der Waals surface area contributed by atoms with Crippen LogP contribution in [0, 0.1) is 6.92 Å². The van der Waals surface area contributed by atoms with Gasteiger partial charge in [0, 0.05) is 19.5 Å². The van der Waals surface area contributed by atoms with Crippen LogP contribution in [0.1, 0.15) is 25.0 Å². The summed E-state index contributed by atoms with van der Waals surface area (Å²) in [6, 6.07) is 8.15. The number of hydrogen-bond donors (Lipinski definition) is 0. The normalized spacial score (nSPS) is 12.9. The lowest BCUT2D eigenvalue weighted by Crippen LogP contribution is -2.10. The summed E-state index contributed by atoms with van der Waals surface area (Å²) in [5.41, 5.74) is 1.43. The van der Waals surface area contributed by atoms with E-state index in [1.807, 2.05) is 6.92 Å². The van der Waals surface area contributed by atoms with Crippen LogP contribution < -0.4 is 0 Å². The van der Waals surface area contributed by atoms with Crippen LogP contribution in [0.5, 0.6) is 0 Å². The van der Waals surface area contributed by atoms with Gasteiger partial charge in [-0.1, -0.05) is 17.7 Å². The van der Waals surface area contributed by atoms with Crippen molar-refractivity contribution in [1.29, 1.82) is 0 Å². The molecule has 0 aliphatic rings. The molecule has 0 spiro atoms. The second-order valence-corrected chi connectivity index (χ2v) is 10.0. The average Bonchev–Trinajstić information content (AvgIpc) is 3.18. The zero-order valence-electron chi connectivity index (χ0n) is 17.6. The Balaban J connectivity index is 2.40. The number of methoxy groups -OCH3 is 1. The standard InChI is InChI=1S/C20H28NO7PS/c1-5-27-29(22,28-6-2)20(26-14-13-25-4)15-18-11-12-21(16-18)30(23,24)19-9-7-17(3)8-10-19/h7-12,15-16H,5-6,13-14H2,1-4H3/b20-15-. The van der Waals surface area contributed by atoms with Gasteiger partial charge in [0.25, 0.3) is 10.0 Å². The van der Waals surface area contributed by atoms with Gasteiger partial charge in [0.1, 0.15) is 6.61 Å². The van der Waals surface area contributed by atoms with Gasteiger partial charge in [-0.3, -0.25) is 4.57 Å². The fraction of sp³-hybridized carbons (Fsp3) is 0.400. The molecule has 0 aliphatic carbocycles. The maximum Gasteiger partial charge on any atom is 0.395 e. The lowest BCUT2D eigenvalue weighted by Gasteiger charge is -2.20. The zero-order chi connectivity index (χ0) is 22.2. The maximum absolute atomic E-state index is 13.2. The molecule has 0 amide bonds. The van der Waals surface area contributed by atoms with E-state index < -0.39 is 17.6 Å². The molecule has 0 N–H and O–H groups in total. The van der Waals surface area contributed by atoms with Crippen LogP contribution in [-0.2, 0) is 33.1 Å². The second-order valence-electron chi connectivity index (χ2n) is 6.25. The summed E-state index contributed by atoms with van der Waals surface area (Å²) < 4.78 is 61.3. The summed E-state index contributed by atoms with van der Waals surface area (Å²) in [7, 11) is -5.94. The van der Waals surface area contributed by atoms with E-state index in [1.54, 1.807) is 44.2 Å². The first kappa shape index (κ1) is 24.4. The van der Waals surface area contributed by atoms with Gasteiger partial charge in [-0.15, -0.1) is 0 Å². The largest absolute Gasteiger partial charge is 0.483 e. The highest BCUT2D eigenvalue weighted by molar-refractivity contribution is 7.90. The van der Waals surface area contributed by atoms with Crippen molar-refractivity contribution in [2.24, 2.45) is 0 Å². The van der Waals surface area contributed by atoms with E-state index >= 15 is 0 Å². The summed E-state index contributed by atoms with van der Waals surface area (Å²) >= 11 is 0. The third-order valence-electron chi connectivity index (χ3n) is 3.98. The molecule has 1 aromatic heterocycles. The van der Waals surface area contributed by atoms with E-state index in [1.165, 1.54) is 25.6 Å². The minimum Gasteiger partial charge on any atom is -0.483 e. The van der Waals surface area contributed by atoms with Gasteiger partial charge >= 0.3 is 7.60 Å². The molecule has 1 heterocycles. The summed E-state index contributed by atoms with van der Waals surface area (Å²) in [4.78, 5) is 0.171. The van der Waals surface area contributed by atoms with Crippen LogP contribution in [0.3, 0.4) is 0 Å². The summed E-state index contributed by atoms with van der Waals surface area (Å²) in [5, 5.41) is 0. The van der Waals surface area contributed by atoms with E-state index in [-0.39, 0.29) is 36.8 Å². The molecule has 0 saturated carbocycles. The van der Waals surface area contributed by atoms with Gasteiger partial charge in [-0.2, -0.15) is 0 Å². The molecular formula is C20H28NO7PS. The van der Waals surface area contributed by atoms with Crippen LogP contribution in [0.15, 0.2) is 53.1 Å². The monoisotopic (exact) mass is 457 g/mol. The lowest BCUT2D eigenvalue weighted by atomic mass is 10.2. The fourth-order valence-corrected chi connectivity index (χ4v) is 5.31. The molecule has 0 radical (unpaired) electrons. The van der Waals surface area contributed by atoms with Gasteiger partial charge in [-0.25, -0.2) is 12.4 Å². The molecule has 2 rings (SSSR count). The van der Waals surface area contributed by atoms with Crippen molar-refractivity contribution < 1.29 is 31.5 Å². The Morgan fingerprint density at radius 2 is 1.70 bits per heavy atom. The van der Waals surface area contributed by atoms with Crippen molar-refractivity contribution in [3.63, 3.8) is 0 Å². The Kier molecular flexibility index (Phi) is 8.88. The van der Waals surface area contributed by atoms with Crippen LogP contribution in [0.2, 0.25) is 0 Å². The van der Waals surface area contributed by atoms with E-state index in [9.17, 15) is 13.0 Å². The lowest BCUT2D eigenvalue weighted by molar-refractivity contribution is 0.110. The molecule has 0 fully saturated rings. The maximum atomic E-state index is 13.2. The second kappa shape index (κ2) is 10.9. The molecule has 166 valence electrons. The molecule has 1 aromatic carbocycles. The molecule has 10 heteroatoms. The van der Waals surface area contributed by atoms with Crippen LogP contribution in [0.4, 0.5) is 0 Å². The SMILES string of the molecule is CCOP(=O)(OCC)/C(=C\c1ccn(S(=O)(=O)c2ccc(C)cc2)c1)OCCOC. The summed E-state index contributed by atoms with van der Waals surface area (Å²) in [6.07, 6.45) is 4.29. The smallest absolute Gasteiger partial charge is 0.395 e. The number of hydrogen-bond acceptors (Lipinski definition) is 7. The minimum atomic E-state index is -3.75. The Labute approximate surface area is 178 Å². The first-order valence-electron chi connectivity index (χ1n) is 9.50. The van der Waals surface area contributed by atoms with E-state index in [0.717, 1.165) is 9.54 Å². The number of ether oxygens (including phenoxy) is 2. The number of benzene rings is 1. The highest BCUT2D eigenvalue weighted by Crippen LogP contribution is 2.57. The van der Waals surface area contributed by atoms with Crippen molar-refractivity contribution in [2.45, 2.75) is 25.7 Å². The third-order valence-corrected chi connectivity index (χ3v) is 7.63. The summed E-state index contributed by atoms with van der Waals surface area (Å²) in [6.45, 7) is 6.00. The molecule has 0 bridgehead atoms. The van der Waals surface area contributed by atoms with Crippen LogP contribution in [-0.4, -0.2) is 45.9 Å². The number of nitrogens with zero attached hydrogens (tertiary/aromatic N) is 1. The predicted octanol–water partition coefficient (Wildman–Crippen LogP) is 4.26. The Morgan fingerprint density at radius 1 is 1.07 bits per heavy atom. The highest BCUT2D eigenvalue weighted by Gasteiger charge is 2.32. The minimum absolute atomic E-state index is 0.00580. The first-order chi connectivity index (χ1) is 14.3. The van der Waals surface area contributed by atoms with Crippen molar-refractivity contribution in [2.75, 3.05) is 33.5 Å². The van der Waals surface area contributed by atoms with E-state index in [4.69, 9.17) is 18.5 Å². The third kappa shape index (κ3) is 6.06. The average molecular weight is 457 g/mol. The molecular weight excluding hydrogens is 429 g/mol. The molecule has 8 nitrogen and oxygen atoms in total. The van der Waals surface area contributed by atoms with Crippen molar-refractivity contribution in [3.05, 3.63) is 59.4 Å². The number of aryl methyl sites for hydroxylation is 1. The van der Waals surface area contributed by atoms with Crippen molar-refractivity contribution in [1.82, 2.24) is 3.97 Å². The number of rotatable bonds is 12. The van der Waals surface area contributed by atoms with E-state index in [0.29, 0.717) is 5.56 Å². The summed E-state index contributed by atoms with van der Waals surface area (Å²) in [5.74, 6) is 0. The van der Waals surface area contributed by atoms with E-state index in [2.05, 4.69) is 0 Å². The fourth-order valence-electron chi connectivity index (χ4n) is 2.54. The Hall–Kier alpha value is -1.90. The van der Waals surface area contributed by atoms with Gasteiger partial charge < -0.3 is 18.5 Å². The molecule has 30 heavy (non-hydrogen) atoms. The first-order valence-corrected chi connectivity index (χ1v) is 12.5. The molecule has 0 saturated heterocycles. The molecule has 0 atom stereocenters. The van der Waals surface area contributed by atoms with Gasteiger partial charge in [0.05, 0.1) is 24.7 Å². The topological polar surface area (TPSA) is 93.1 Å². The molecule has 0 unspecified atom stereocenters. The zero-order valence-corrected chi connectivity index (χ0v) is 19.3. The van der Waals surface area contributed by atoms with Gasteiger partial charge in [0.2, 0.25) is 5.50 Å². The number of aromatic nitrogens is 1. The Bertz CT molecular complexity index is 986. The predicted molar refractivity (Wildman–Crippen MR) is 115 cm³/mol. The van der Waals surface area contributed by atoms with Crippen LogP contribution >= 0.6 is 7.60 Å². The Morgan fingerprint density at radius 3 is 2.27 bits per heavy atom. The van der Waals surface area contributed by atoms with Crippen molar-refractivity contribution in [3.8, 4) is 0 Å². The van der Waals surface area contributed by atoms with Crippen molar-refractivity contribution >= 4 is 23.7 Å². The quantitative estimate of drug-likeness (QED) is 0.267.